The zero-order valence-corrected chi connectivity index (χ0v) is 28.9. The number of nitrogens with zero attached hydrogens (tertiary/aromatic N) is 2. The minimum atomic E-state index is -4.25. The Labute approximate surface area is 279 Å². The molecule has 0 aliphatic carbocycles. The van der Waals surface area contributed by atoms with Crippen molar-refractivity contribution >= 4 is 27.5 Å². The number of rotatable bonds is 14. The average Bonchev–Trinajstić information content (AvgIpc) is 3.06. The van der Waals surface area contributed by atoms with E-state index in [4.69, 9.17) is 4.74 Å². The number of ether oxygens (including phenoxy) is 1. The van der Waals surface area contributed by atoms with Crippen LogP contribution in [-0.2, 0) is 32.6 Å². The van der Waals surface area contributed by atoms with Gasteiger partial charge in [-0.2, -0.15) is 0 Å². The van der Waals surface area contributed by atoms with Gasteiger partial charge in [0, 0.05) is 19.0 Å². The number of amides is 2. The van der Waals surface area contributed by atoms with Crippen LogP contribution in [0.25, 0.3) is 0 Å². The molecule has 2 amide bonds. The molecule has 0 spiro atoms. The van der Waals surface area contributed by atoms with E-state index in [1.54, 1.807) is 24.3 Å². The summed E-state index contributed by atoms with van der Waals surface area (Å²) in [5.74, 6) is -0.519. The van der Waals surface area contributed by atoms with Crippen molar-refractivity contribution in [2.75, 3.05) is 18.0 Å². The molecule has 1 N–H and O–H groups in total. The Morgan fingerprint density at radius 1 is 0.809 bits per heavy atom. The van der Waals surface area contributed by atoms with E-state index in [-0.39, 0.29) is 35.5 Å². The highest BCUT2D eigenvalue weighted by Crippen LogP contribution is 2.34. The minimum absolute atomic E-state index is 0.0416. The quantitative estimate of drug-likeness (QED) is 0.170. The van der Waals surface area contributed by atoms with Crippen molar-refractivity contribution in [3.8, 4) is 5.75 Å². The maximum atomic E-state index is 14.7. The first-order chi connectivity index (χ1) is 22.4. The Hall–Kier alpha value is -4.63. The molecule has 8 nitrogen and oxygen atoms in total. The van der Waals surface area contributed by atoms with Crippen LogP contribution in [0.15, 0.2) is 102 Å². The predicted molar refractivity (Wildman–Crippen MR) is 187 cm³/mol. The first kappa shape index (κ1) is 35.2. The highest BCUT2D eigenvalue weighted by molar-refractivity contribution is 7.92. The lowest BCUT2D eigenvalue weighted by atomic mass is 10.0. The molecule has 0 radical (unpaired) electrons. The largest absolute Gasteiger partial charge is 0.495 e. The zero-order valence-electron chi connectivity index (χ0n) is 28.1. The summed E-state index contributed by atoms with van der Waals surface area (Å²) < 4.78 is 35.5. The molecule has 0 aromatic heterocycles. The molecule has 0 fully saturated rings. The van der Waals surface area contributed by atoms with Gasteiger partial charge in [-0.25, -0.2) is 8.42 Å². The fourth-order valence-electron chi connectivity index (χ4n) is 5.23. The third-order valence-corrected chi connectivity index (χ3v) is 10.0. The lowest BCUT2D eigenvalue weighted by Crippen LogP contribution is -2.54. The number of hydrogen-bond acceptors (Lipinski definition) is 5. The van der Waals surface area contributed by atoms with Gasteiger partial charge in [0.05, 0.1) is 17.7 Å². The van der Waals surface area contributed by atoms with Gasteiger partial charge in [0.25, 0.3) is 10.0 Å². The number of sulfonamides is 1. The van der Waals surface area contributed by atoms with E-state index in [9.17, 15) is 18.0 Å². The number of methoxy groups -OCH3 is 1. The van der Waals surface area contributed by atoms with Crippen molar-refractivity contribution in [2.45, 2.75) is 71.0 Å². The normalized spacial score (nSPS) is 12.6. The summed E-state index contributed by atoms with van der Waals surface area (Å²) >= 11 is 0. The molecule has 248 valence electrons. The lowest BCUT2D eigenvalue weighted by molar-refractivity contribution is -0.140. The van der Waals surface area contributed by atoms with Crippen LogP contribution < -0.4 is 14.4 Å². The lowest BCUT2D eigenvalue weighted by Gasteiger charge is -2.34. The Balaban J connectivity index is 1.85. The summed E-state index contributed by atoms with van der Waals surface area (Å²) in [6.45, 7) is 9.16. The van der Waals surface area contributed by atoms with E-state index < -0.39 is 28.5 Å². The second-order valence-corrected chi connectivity index (χ2v) is 13.9. The van der Waals surface area contributed by atoms with Gasteiger partial charge in [-0.15, -0.1) is 0 Å². The van der Waals surface area contributed by atoms with Gasteiger partial charge >= 0.3 is 0 Å². The van der Waals surface area contributed by atoms with Crippen molar-refractivity contribution in [2.24, 2.45) is 0 Å². The standard InChI is InChI=1S/C38H45N3O5S/c1-7-30(5)39-38(43)35(24-31-11-9-8-10-12-31)40(25-32-18-13-27(2)14-19-32)37(42)26-41(34-23-29(4)17-22-36(34)46-6)47(44,45)33-20-15-28(3)16-21-33/h8-23,30,35H,7,24-26H2,1-6H3,(H,39,43)/t30-,35-/m0/s1. The maximum absolute atomic E-state index is 14.7. The molecule has 47 heavy (non-hydrogen) atoms. The zero-order chi connectivity index (χ0) is 34.1. The summed E-state index contributed by atoms with van der Waals surface area (Å²) in [5, 5.41) is 3.07. The average molecular weight is 656 g/mol. The number of anilines is 1. The van der Waals surface area contributed by atoms with Gasteiger partial charge in [-0.1, -0.05) is 90.8 Å². The number of aryl methyl sites for hydroxylation is 3. The minimum Gasteiger partial charge on any atom is -0.495 e. The number of hydrogen-bond donors (Lipinski definition) is 1. The second kappa shape index (κ2) is 15.8. The molecule has 0 unspecified atom stereocenters. The molecule has 0 aliphatic rings. The third kappa shape index (κ3) is 9.01. The van der Waals surface area contributed by atoms with E-state index >= 15 is 0 Å². The van der Waals surface area contributed by atoms with Crippen LogP contribution in [0.3, 0.4) is 0 Å². The fraction of sp³-hybridized carbons (Fsp3) is 0.316. The molecule has 0 saturated heterocycles. The summed E-state index contributed by atoms with van der Waals surface area (Å²) in [6, 6.07) is 28.0. The van der Waals surface area contributed by atoms with Gasteiger partial charge in [0.2, 0.25) is 11.8 Å². The molecule has 0 aliphatic heterocycles. The van der Waals surface area contributed by atoms with Crippen LogP contribution in [0.4, 0.5) is 5.69 Å². The molecule has 0 bridgehead atoms. The van der Waals surface area contributed by atoms with Crippen molar-refractivity contribution in [1.82, 2.24) is 10.2 Å². The van der Waals surface area contributed by atoms with Crippen molar-refractivity contribution in [3.05, 3.63) is 125 Å². The van der Waals surface area contributed by atoms with E-state index in [0.29, 0.717) is 12.2 Å². The Morgan fingerprint density at radius 2 is 1.40 bits per heavy atom. The fourth-order valence-corrected chi connectivity index (χ4v) is 6.65. The van der Waals surface area contributed by atoms with Crippen LogP contribution in [0.2, 0.25) is 0 Å². The van der Waals surface area contributed by atoms with Crippen LogP contribution in [-0.4, -0.2) is 50.9 Å². The predicted octanol–water partition coefficient (Wildman–Crippen LogP) is 6.37. The van der Waals surface area contributed by atoms with Gasteiger partial charge in [0.15, 0.2) is 0 Å². The molecule has 4 aromatic carbocycles. The van der Waals surface area contributed by atoms with Crippen LogP contribution in [0, 0.1) is 20.8 Å². The van der Waals surface area contributed by atoms with Crippen molar-refractivity contribution < 1.29 is 22.7 Å². The second-order valence-electron chi connectivity index (χ2n) is 12.0. The van der Waals surface area contributed by atoms with Crippen LogP contribution >= 0.6 is 0 Å². The smallest absolute Gasteiger partial charge is 0.264 e. The van der Waals surface area contributed by atoms with E-state index in [1.807, 2.05) is 95.3 Å². The topological polar surface area (TPSA) is 96.0 Å². The Kier molecular flexibility index (Phi) is 11.8. The Morgan fingerprint density at radius 3 is 2.00 bits per heavy atom. The van der Waals surface area contributed by atoms with Gasteiger partial charge in [-0.3, -0.25) is 13.9 Å². The van der Waals surface area contributed by atoms with Crippen LogP contribution in [0.1, 0.15) is 48.1 Å². The summed E-state index contributed by atoms with van der Waals surface area (Å²) in [6.07, 6.45) is 0.963. The molecular weight excluding hydrogens is 611 g/mol. The van der Waals surface area contributed by atoms with E-state index in [0.717, 1.165) is 32.1 Å². The first-order valence-electron chi connectivity index (χ1n) is 15.9. The summed E-state index contributed by atoms with van der Waals surface area (Å²) in [4.78, 5) is 30.3. The number of nitrogens with one attached hydrogen (secondary N) is 1. The SMILES string of the molecule is CC[C@H](C)NC(=O)[C@H](Cc1ccccc1)N(Cc1ccc(C)cc1)C(=O)CN(c1cc(C)ccc1OC)S(=O)(=O)c1ccc(C)cc1. The molecule has 0 heterocycles. The molecule has 9 heteroatoms. The third-order valence-electron chi connectivity index (χ3n) is 8.24. The maximum Gasteiger partial charge on any atom is 0.264 e. The number of carbonyl (C=O) groups excluding carboxylic acids is 2. The number of carbonyl (C=O) groups is 2. The monoisotopic (exact) mass is 655 g/mol. The Bertz CT molecular complexity index is 1760. The van der Waals surface area contributed by atoms with Crippen molar-refractivity contribution in [1.29, 1.82) is 0 Å². The van der Waals surface area contributed by atoms with Crippen molar-refractivity contribution in [3.63, 3.8) is 0 Å². The van der Waals surface area contributed by atoms with Gasteiger partial charge < -0.3 is 15.0 Å². The molecule has 2 atom stereocenters. The van der Waals surface area contributed by atoms with E-state index in [1.165, 1.54) is 24.1 Å². The first-order valence-corrected chi connectivity index (χ1v) is 17.3. The van der Waals surface area contributed by atoms with Crippen LogP contribution in [0.5, 0.6) is 5.75 Å². The molecular formula is C38H45N3O5S. The molecule has 4 aromatic rings. The number of benzene rings is 4. The van der Waals surface area contributed by atoms with E-state index in [2.05, 4.69) is 5.32 Å². The summed E-state index contributed by atoms with van der Waals surface area (Å²) in [7, 11) is -2.79. The summed E-state index contributed by atoms with van der Waals surface area (Å²) in [5.41, 5.74) is 4.69. The molecule has 4 rings (SSSR count). The van der Waals surface area contributed by atoms with Gasteiger partial charge in [-0.05, 0) is 75.1 Å². The highest BCUT2D eigenvalue weighted by atomic mass is 32.2. The molecule has 0 saturated carbocycles. The van der Waals surface area contributed by atoms with Gasteiger partial charge in [0.1, 0.15) is 18.3 Å². The highest BCUT2D eigenvalue weighted by Gasteiger charge is 2.36.